The first kappa shape index (κ1) is 24.3. The topological polar surface area (TPSA) is 291 Å². The lowest BCUT2D eigenvalue weighted by molar-refractivity contribution is -0.334. The number of anilines is 1. The molecule has 5 N–H and O–H groups in total. The molecule has 1 aliphatic heterocycles. The van der Waals surface area contributed by atoms with Gasteiger partial charge in [0.1, 0.15) is 30.2 Å². The van der Waals surface area contributed by atoms with Gasteiger partial charge in [0.25, 0.3) is 7.82 Å². The minimum absolute atomic E-state index is 0.0314. The van der Waals surface area contributed by atoms with Gasteiger partial charge in [0.2, 0.25) is 7.75 Å². The number of aliphatic hydroxyl groups excluding tert-OH is 2. The van der Waals surface area contributed by atoms with Gasteiger partial charge in [-0.3, -0.25) is 22.3 Å². The molecule has 0 amide bonds. The number of imidazole rings is 1. The lowest BCUT2D eigenvalue weighted by atomic mass is 10.1. The molecule has 18 nitrogen and oxygen atoms in total. The van der Waals surface area contributed by atoms with E-state index in [1.54, 1.807) is 0 Å². The zero-order chi connectivity index (χ0) is 23.2. The minimum atomic E-state index is -6.01. The highest BCUT2D eigenvalue weighted by molar-refractivity contribution is 7.70. The minimum Gasteiger partial charge on any atom is -0.790 e. The summed E-state index contributed by atoms with van der Waals surface area (Å²) < 4.78 is 51.2. The summed E-state index contributed by atoms with van der Waals surface area (Å²) in [6.45, 7) is -1.02. The Morgan fingerprint density at radius 2 is 1.84 bits per heavy atom. The zero-order valence-corrected chi connectivity index (χ0v) is 17.5. The highest BCUT2D eigenvalue weighted by Gasteiger charge is 2.45. The Hall–Kier alpha value is -1.36. The summed E-state index contributed by atoms with van der Waals surface area (Å²) in [6, 6.07) is 0. The highest BCUT2D eigenvalue weighted by Crippen LogP contribution is 2.65. The van der Waals surface area contributed by atoms with Gasteiger partial charge in [0, 0.05) is 0 Å². The Labute approximate surface area is 172 Å². The van der Waals surface area contributed by atoms with Crippen LogP contribution in [0, 0.1) is 0 Å². The molecule has 6 unspecified atom stereocenters. The van der Waals surface area contributed by atoms with Gasteiger partial charge in [-0.1, -0.05) is 0 Å². The molecule has 2 aromatic heterocycles. The van der Waals surface area contributed by atoms with Crippen LogP contribution in [-0.2, 0) is 31.6 Å². The maximum Gasteiger partial charge on any atom is 0.274 e. The van der Waals surface area contributed by atoms with Gasteiger partial charge in [0.15, 0.2) is 17.7 Å². The number of hydrogen-bond acceptors (Lipinski definition) is 16. The van der Waals surface area contributed by atoms with Crippen LogP contribution in [0.15, 0.2) is 12.7 Å². The fourth-order valence-corrected chi connectivity index (χ4v) is 5.63. The zero-order valence-electron chi connectivity index (χ0n) is 14.9. The first-order chi connectivity index (χ1) is 14.2. The maximum absolute atomic E-state index is 11.7. The number of ether oxygens (including phenoxy) is 1. The van der Waals surface area contributed by atoms with Crippen molar-refractivity contribution in [2.24, 2.45) is 0 Å². The second kappa shape index (κ2) is 8.53. The molecule has 0 aromatic carbocycles. The van der Waals surface area contributed by atoms with Crippen LogP contribution in [0.25, 0.3) is 16.7 Å². The molecule has 3 heterocycles. The molecule has 1 fully saturated rings. The first-order valence-electron chi connectivity index (χ1n) is 7.89. The van der Waals surface area contributed by atoms with Gasteiger partial charge < -0.3 is 50.0 Å². The van der Waals surface area contributed by atoms with E-state index in [2.05, 4.69) is 28.1 Å². The van der Waals surface area contributed by atoms with Crippen molar-refractivity contribution in [1.29, 1.82) is 0 Å². The van der Waals surface area contributed by atoms with Crippen molar-refractivity contribution in [2.75, 3.05) is 12.3 Å². The van der Waals surface area contributed by atoms with Crippen molar-refractivity contribution in [3.05, 3.63) is 18.2 Å². The van der Waals surface area contributed by atoms with E-state index in [0.29, 0.717) is 0 Å². The Morgan fingerprint density at radius 1 is 1.16 bits per heavy atom. The van der Waals surface area contributed by atoms with Gasteiger partial charge >= 0.3 is 0 Å². The van der Waals surface area contributed by atoms with Crippen LogP contribution in [0.5, 0.6) is 0 Å². The van der Waals surface area contributed by atoms with E-state index in [9.17, 15) is 38.6 Å². The third kappa shape index (κ3) is 5.71. The number of aromatic nitrogens is 4. The number of phosphoric ester groups is 1. The number of nitrogen functional groups attached to an aromatic ring is 1. The summed E-state index contributed by atoms with van der Waals surface area (Å²) in [6.07, 6.45) is -3.84. The molecule has 31 heavy (non-hydrogen) atoms. The summed E-state index contributed by atoms with van der Waals surface area (Å²) in [5, 5.41) is 20.4. The molecule has 6 atom stereocenters. The number of nitrogens with one attached hydrogen (secondary N) is 1. The Kier molecular flexibility index (Phi) is 6.68. The summed E-state index contributed by atoms with van der Waals surface area (Å²) >= 11 is 0. The number of rotatable bonds is 8. The van der Waals surface area contributed by atoms with E-state index in [1.165, 1.54) is 10.9 Å². The van der Waals surface area contributed by atoms with Crippen LogP contribution in [0.3, 0.4) is 0 Å². The third-order valence-corrected chi connectivity index (χ3v) is 7.60. The standard InChI is InChI=1S/C10H16N6O12P3/c11-8-5-9(14-2-13-8)16(3-15-5)10-7(18)6(17)4(26-10)1-25-31(23,24)28-29(12,19)27-30(20,21)22/h2-4,6-7,10,17-18H,1H2,(H6-,11,12,13,14,19,20,21,22,23,24)/q-1/p-3. The summed E-state index contributed by atoms with van der Waals surface area (Å²) in [5.41, 5.74) is 12.8. The summed E-state index contributed by atoms with van der Waals surface area (Å²) in [7, 11) is -17.3. The third-order valence-electron chi connectivity index (χ3n) is 3.81. The SMILES string of the molecule is [NH-]P(=O)(OP(=O)([O-])[O-])OP(=O)([O-])OCC1OC(n2cnc3c(N)ncnc32)C(O)C1O. The molecule has 174 valence electrons. The molecule has 0 spiro atoms. The van der Waals surface area contributed by atoms with Crippen LogP contribution >= 0.6 is 23.4 Å². The van der Waals surface area contributed by atoms with E-state index in [-0.39, 0.29) is 17.0 Å². The predicted octanol–water partition coefficient (Wildman–Crippen LogP) is -2.47. The lowest BCUT2D eigenvalue weighted by Gasteiger charge is -2.37. The van der Waals surface area contributed by atoms with Crippen LogP contribution in [0.2, 0.25) is 0 Å². The van der Waals surface area contributed by atoms with Gasteiger partial charge in [-0.15, -0.1) is 0 Å². The molecule has 0 aliphatic carbocycles. The first-order valence-corrected chi connectivity index (χ1v) is 12.4. The second-order valence-electron chi connectivity index (χ2n) is 5.98. The molecule has 3 rings (SSSR count). The quantitative estimate of drug-likeness (QED) is 0.315. The number of hydrogen-bond donors (Lipinski definition) is 3. The van der Waals surface area contributed by atoms with Crippen LogP contribution in [0.4, 0.5) is 5.82 Å². The van der Waals surface area contributed by atoms with E-state index >= 15 is 0 Å². The lowest BCUT2D eigenvalue weighted by Crippen LogP contribution is -2.34. The fourth-order valence-electron chi connectivity index (χ4n) is 2.62. The maximum atomic E-state index is 11.7. The van der Waals surface area contributed by atoms with Crippen molar-refractivity contribution in [3.63, 3.8) is 0 Å². The van der Waals surface area contributed by atoms with Crippen LogP contribution < -0.4 is 20.4 Å². The average Bonchev–Trinajstić information content (AvgIpc) is 3.13. The molecule has 0 radical (unpaired) electrons. The van der Waals surface area contributed by atoms with Crippen molar-refractivity contribution in [1.82, 2.24) is 19.5 Å². The Balaban J connectivity index is 1.69. The molecule has 1 saturated heterocycles. The van der Waals surface area contributed by atoms with Crippen LogP contribution in [-0.4, -0.2) is 54.7 Å². The molecule has 0 saturated carbocycles. The Morgan fingerprint density at radius 3 is 2.48 bits per heavy atom. The number of phosphoric acid groups is 2. The van der Waals surface area contributed by atoms with Crippen molar-refractivity contribution < 1.29 is 56.5 Å². The molecular weight excluding hydrogens is 489 g/mol. The predicted molar refractivity (Wildman–Crippen MR) is 90.9 cm³/mol. The highest BCUT2D eigenvalue weighted by atomic mass is 31.3. The van der Waals surface area contributed by atoms with E-state index in [4.69, 9.17) is 16.0 Å². The van der Waals surface area contributed by atoms with Crippen molar-refractivity contribution in [2.45, 2.75) is 24.5 Å². The Bertz CT molecular complexity index is 1110. The summed E-state index contributed by atoms with van der Waals surface area (Å²) in [5.74, 6) is 0.0314. The van der Waals surface area contributed by atoms with E-state index in [1.807, 2.05) is 0 Å². The number of fused-ring (bicyclic) bond motifs is 1. The number of nitrogens with zero attached hydrogens (tertiary/aromatic N) is 4. The average molecular weight is 502 g/mol. The van der Waals surface area contributed by atoms with Gasteiger partial charge in [0.05, 0.1) is 20.8 Å². The number of nitrogens with two attached hydrogens (primary N) is 1. The van der Waals surface area contributed by atoms with Gasteiger partial charge in [-0.25, -0.2) is 15.0 Å². The molecule has 1 aliphatic rings. The smallest absolute Gasteiger partial charge is 0.274 e. The van der Waals surface area contributed by atoms with Crippen molar-refractivity contribution >= 4 is 40.4 Å². The molecule has 0 bridgehead atoms. The fraction of sp³-hybridized carbons (Fsp3) is 0.500. The summed E-state index contributed by atoms with van der Waals surface area (Å²) in [4.78, 5) is 44.1. The van der Waals surface area contributed by atoms with Crippen molar-refractivity contribution in [3.8, 4) is 0 Å². The molecule has 2 aromatic rings. The van der Waals surface area contributed by atoms with E-state index < -0.39 is 54.5 Å². The second-order valence-corrected chi connectivity index (χ2v) is 10.3. The largest absolute Gasteiger partial charge is 0.790 e. The normalized spacial score (nSPS) is 28.5. The van der Waals surface area contributed by atoms with E-state index in [0.717, 1.165) is 6.33 Å². The molecular formula is C10H13N6O12P3-4. The molecule has 21 heteroatoms. The van der Waals surface area contributed by atoms with Gasteiger partial charge in [-0.05, 0) is 0 Å². The number of aliphatic hydroxyl groups is 2. The van der Waals surface area contributed by atoms with Gasteiger partial charge in [-0.2, -0.15) is 0 Å². The monoisotopic (exact) mass is 502 g/mol. The van der Waals surface area contributed by atoms with Crippen LogP contribution in [0.1, 0.15) is 6.23 Å².